The van der Waals surface area contributed by atoms with E-state index in [1.165, 1.54) is 18.9 Å². The molecule has 3 aromatic rings. The van der Waals surface area contributed by atoms with Crippen molar-refractivity contribution < 1.29 is 4.42 Å². The molecule has 1 saturated carbocycles. The smallest absolute Gasteiger partial charge is 0.336 e. The second kappa shape index (κ2) is 5.93. The monoisotopic (exact) mass is 361 g/mol. The lowest BCUT2D eigenvalue weighted by molar-refractivity contribution is 0.559. The van der Waals surface area contributed by atoms with Crippen LogP contribution in [-0.4, -0.2) is 14.8 Å². The first-order chi connectivity index (χ1) is 11.5. The minimum Gasteiger partial charge on any atom is -0.423 e. The number of aromatic nitrogens is 3. The first-order valence-electron chi connectivity index (χ1n) is 7.78. The van der Waals surface area contributed by atoms with E-state index in [9.17, 15) is 4.79 Å². The molecule has 1 fully saturated rings. The van der Waals surface area contributed by atoms with Crippen LogP contribution in [0.2, 0.25) is 5.02 Å². The molecule has 5 nitrogen and oxygen atoms in total. The molecule has 2 heterocycles. The molecular weight excluding hydrogens is 346 g/mol. The number of halogens is 1. The summed E-state index contributed by atoms with van der Waals surface area (Å²) in [6.07, 6.45) is 2.39. The van der Waals surface area contributed by atoms with Crippen molar-refractivity contribution in [3.05, 3.63) is 50.6 Å². The molecule has 0 atom stereocenters. The summed E-state index contributed by atoms with van der Waals surface area (Å²) in [5.41, 5.74) is 2.00. The highest BCUT2D eigenvalue weighted by molar-refractivity contribution is 7.98. The third-order valence-electron chi connectivity index (χ3n) is 4.28. The number of aryl methyl sites for hydroxylation is 1. The maximum Gasteiger partial charge on any atom is 0.336 e. The number of rotatable bonds is 4. The molecule has 1 aromatic carbocycles. The Balaban J connectivity index is 1.67. The van der Waals surface area contributed by atoms with Gasteiger partial charge in [0.2, 0.25) is 0 Å². The standard InChI is InChI=1S/C17H16ClN3O2S/c1-9-5-14-12(7-13(9)18)11(6-15(22)23-14)8-24-17-20-19-16(21(17)2)10-3-4-10/h5-7,10H,3-4,8H2,1-2H3. The van der Waals surface area contributed by atoms with E-state index in [1.807, 2.05) is 24.6 Å². The van der Waals surface area contributed by atoms with Crippen molar-refractivity contribution in [3.8, 4) is 0 Å². The van der Waals surface area contributed by atoms with Gasteiger partial charge in [0.15, 0.2) is 5.16 Å². The molecule has 0 spiro atoms. The van der Waals surface area contributed by atoms with Gasteiger partial charge in [0.05, 0.1) is 0 Å². The predicted octanol–water partition coefficient (Wildman–Crippen LogP) is 4.05. The Hall–Kier alpha value is -1.79. The molecule has 1 aliphatic rings. The third kappa shape index (κ3) is 2.84. The average molecular weight is 362 g/mol. The van der Waals surface area contributed by atoms with Crippen LogP contribution >= 0.6 is 23.4 Å². The highest BCUT2D eigenvalue weighted by Crippen LogP contribution is 2.39. The van der Waals surface area contributed by atoms with Crippen LogP contribution in [0.5, 0.6) is 0 Å². The fourth-order valence-electron chi connectivity index (χ4n) is 2.76. The summed E-state index contributed by atoms with van der Waals surface area (Å²) >= 11 is 7.80. The number of benzene rings is 1. The van der Waals surface area contributed by atoms with Crippen molar-refractivity contribution >= 4 is 34.3 Å². The van der Waals surface area contributed by atoms with E-state index in [2.05, 4.69) is 10.2 Å². The van der Waals surface area contributed by atoms with E-state index in [4.69, 9.17) is 16.0 Å². The summed E-state index contributed by atoms with van der Waals surface area (Å²) < 4.78 is 7.35. The maximum absolute atomic E-state index is 11.8. The summed E-state index contributed by atoms with van der Waals surface area (Å²) in [7, 11) is 1.99. The summed E-state index contributed by atoms with van der Waals surface area (Å²) in [5.74, 6) is 2.22. The first kappa shape index (κ1) is 15.7. The summed E-state index contributed by atoms with van der Waals surface area (Å²) in [4.78, 5) is 11.8. The number of fused-ring (bicyclic) bond motifs is 1. The molecule has 1 aliphatic carbocycles. The van der Waals surface area contributed by atoms with Crippen LogP contribution in [0, 0.1) is 6.92 Å². The van der Waals surface area contributed by atoms with Gasteiger partial charge in [-0.15, -0.1) is 10.2 Å². The average Bonchev–Trinajstić information content (AvgIpc) is 3.31. The fourth-order valence-corrected chi connectivity index (χ4v) is 3.83. The van der Waals surface area contributed by atoms with Crippen LogP contribution in [0.3, 0.4) is 0 Å². The number of nitrogens with zero attached hydrogens (tertiary/aromatic N) is 3. The van der Waals surface area contributed by atoms with E-state index in [0.717, 1.165) is 27.5 Å². The van der Waals surface area contributed by atoms with Crippen LogP contribution in [0.4, 0.5) is 0 Å². The van der Waals surface area contributed by atoms with Gasteiger partial charge in [0, 0.05) is 35.2 Å². The lowest BCUT2D eigenvalue weighted by atomic mass is 10.1. The molecule has 0 N–H and O–H groups in total. The van der Waals surface area contributed by atoms with E-state index >= 15 is 0 Å². The Morgan fingerprint density at radius 3 is 2.88 bits per heavy atom. The second-order valence-electron chi connectivity index (χ2n) is 6.15. The van der Waals surface area contributed by atoms with Gasteiger partial charge in [0.25, 0.3) is 0 Å². The van der Waals surface area contributed by atoms with Crippen molar-refractivity contribution in [2.24, 2.45) is 7.05 Å². The second-order valence-corrected chi connectivity index (χ2v) is 7.50. The minimum atomic E-state index is -0.351. The summed E-state index contributed by atoms with van der Waals surface area (Å²) in [6.45, 7) is 1.89. The fraction of sp³-hybridized carbons (Fsp3) is 0.353. The molecule has 2 aromatic heterocycles. The van der Waals surface area contributed by atoms with Crippen molar-refractivity contribution in [2.45, 2.75) is 36.6 Å². The van der Waals surface area contributed by atoms with Gasteiger partial charge in [-0.2, -0.15) is 0 Å². The Morgan fingerprint density at radius 1 is 1.33 bits per heavy atom. The van der Waals surface area contributed by atoms with Crippen molar-refractivity contribution in [1.82, 2.24) is 14.8 Å². The lowest BCUT2D eigenvalue weighted by Crippen LogP contribution is -2.01. The van der Waals surface area contributed by atoms with E-state index in [-0.39, 0.29) is 5.63 Å². The number of hydrogen-bond acceptors (Lipinski definition) is 5. The van der Waals surface area contributed by atoms with E-state index in [1.54, 1.807) is 17.8 Å². The van der Waals surface area contributed by atoms with Gasteiger partial charge in [0.1, 0.15) is 11.4 Å². The topological polar surface area (TPSA) is 60.9 Å². The molecule has 7 heteroatoms. The van der Waals surface area contributed by atoms with Crippen molar-refractivity contribution in [2.75, 3.05) is 0 Å². The molecule has 4 rings (SSSR count). The Labute approximate surface area is 148 Å². The van der Waals surface area contributed by atoms with Crippen LogP contribution < -0.4 is 5.63 Å². The molecule has 0 amide bonds. The molecule has 0 saturated heterocycles. The van der Waals surface area contributed by atoms with Gasteiger partial charge in [-0.25, -0.2) is 4.79 Å². The van der Waals surface area contributed by atoms with E-state index in [0.29, 0.717) is 22.3 Å². The highest BCUT2D eigenvalue weighted by atomic mass is 35.5. The van der Waals surface area contributed by atoms with Crippen LogP contribution in [-0.2, 0) is 12.8 Å². The lowest BCUT2D eigenvalue weighted by Gasteiger charge is -2.07. The van der Waals surface area contributed by atoms with Gasteiger partial charge in [-0.3, -0.25) is 0 Å². The maximum atomic E-state index is 11.8. The zero-order valence-corrected chi connectivity index (χ0v) is 14.9. The zero-order valence-electron chi connectivity index (χ0n) is 13.4. The van der Waals surface area contributed by atoms with E-state index < -0.39 is 0 Å². The van der Waals surface area contributed by atoms with Gasteiger partial charge in [-0.1, -0.05) is 23.4 Å². The largest absolute Gasteiger partial charge is 0.423 e. The van der Waals surface area contributed by atoms with Gasteiger partial charge in [-0.05, 0) is 43.0 Å². The SMILES string of the molecule is Cc1cc2oc(=O)cc(CSc3nnc(C4CC4)n3C)c2cc1Cl. The molecule has 0 radical (unpaired) electrons. The Bertz CT molecular complexity index is 991. The normalized spacial score (nSPS) is 14.5. The summed E-state index contributed by atoms with van der Waals surface area (Å²) in [5, 5.41) is 10.9. The Kier molecular flexibility index (Phi) is 3.89. The minimum absolute atomic E-state index is 0.351. The van der Waals surface area contributed by atoms with Crippen molar-refractivity contribution in [3.63, 3.8) is 0 Å². The van der Waals surface area contributed by atoms with Crippen LogP contribution in [0.1, 0.15) is 35.7 Å². The van der Waals surface area contributed by atoms with Crippen LogP contribution in [0.15, 0.2) is 32.6 Å². The molecule has 0 bridgehead atoms. The molecular formula is C17H16ClN3O2S. The van der Waals surface area contributed by atoms with Gasteiger partial charge < -0.3 is 8.98 Å². The third-order valence-corrected chi connectivity index (χ3v) is 5.75. The predicted molar refractivity (Wildman–Crippen MR) is 94.8 cm³/mol. The van der Waals surface area contributed by atoms with Crippen LogP contribution in [0.25, 0.3) is 11.0 Å². The Morgan fingerprint density at radius 2 is 2.12 bits per heavy atom. The molecule has 24 heavy (non-hydrogen) atoms. The molecule has 0 aliphatic heterocycles. The summed E-state index contributed by atoms with van der Waals surface area (Å²) in [6, 6.07) is 5.19. The number of hydrogen-bond donors (Lipinski definition) is 0. The quantitative estimate of drug-likeness (QED) is 0.518. The number of thioether (sulfide) groups is 1. The molecule has 124 valence electrons. The van der Waals surface area contributed by atoms with Crippen molar-refractivity contribution in [1.29, 1.82) is 0 Å². The van der Waals surface area contributed by atoms with Gasteiger partial charge >= 0.3 is 5.63 Å². The molecule has 0 unspecified atom stereocenters. The first-order valence-corrected chi connectivity index (χ1v) is 9.14. The zero-order chi connectivity index (χ0) is 16.8. The highest BCUT2D eigenvalue weighted by Gasteiger charge is 2.29.